The summed E-state index contributed by atoms with van der Waals surface area (Å²) in [5, 5.41) is 16.3. The number of ether oxygens (including phenoxy) is 1. The van der Waals surface area contributed by atoms with Crippen molar-refractivity contribution in [2.45, 2.75) is 56.3 Å². The van der Waals surface area contributed by atoms with Crippen LogP contribution in [0.25, 0.3) is 10.1 Å². The van der Waals surface area contributed by atoms with Gasteiger partial charge in [0.1, 0.15) is 12.4 Å². The highest BCUT2D eigenvalue weighted by molar-refractivity contribution is 7.90. The van der Waals surface area contributed by atoms with Crippen LogP contribution in [0.2, 0.25) is 0 Å². The minimum atomic E-state index is -4.39. The average molecular weight is 624 g/mol. The molecule has 12 heteroatoms. The van der Waals surface area contributed by atoms with Gasteiger partial charge in [0.25, 0.3) is 0 Å². The smallest absolute Gasteiger partial charge is 0.393 e. The van der Waals surface area contributed by atoms with Crippen LogP contribution in [0.5, 0.6) is 5.75 Å². The van der Waals surface area contributed by atoms with Crippen LogP contribution in [0.15, 0.2) is 41.3 Å². The molecule has 0 radical (unpaired) electrons. The maximum atomic E-state index is 13.6. The predicted molar refractivity (Wildman–Crippen MR) is 162 cm³/mol. The Morgan fingerprint density at radius 2 is 1.90 bits per heavy atom. The zero-order valence-corrected chi connectivity index (χ0v) is 25.5. The van der Waals surface area contributed by atoms with E-state index >= 15 is 0 Å². The molecule has 42 heavy (non-hydrogen) atoms. The largest absolute Gasteiger partial charge is 0.489 e. The number of anilines is 2. The van der Waals surface area contributed by atoms with E-state index in [1.165, 1.54) is 29.5 Å². The number of hydrogen-bond donors (Lipinski definition) is 3. The van der Waals surface area contributed by atoms with E-state index in [0.717, 1.165) is 42.6 Å². The first-order valence-corrected chi connectivity index (χ1v) is 16.5. The van der Waals surface area contributed by atoms with Crippen molar-refractivity contribution in [1.29, 1.82) is 0 Å². The van der Waals surface area contributed by atoms with Crippen molar-refractivity contribution >= 4 is 42.6 Å². The van der Waals surface area contributed by atoms with Crippen LogP contribution in [0.3, 0.4) is 0 Å². The van der Waals surface area contributed by atoms with Crippen molar-refractivity contribution < 1.29 is 31.4 Å². The summed E-state index contributed by atoms with van der Waals surface area (Å²) in [6.45, 7) is 6.09. The van der Waals surface area contributed by atoms with Crippen molar-refractivity contribution in [2.24, 2.45) is 0 Å². The molecule has 0 unspecified atom stereocenters. The first-order chi connectivity index (χ1) is 19.9. The quantitative estimate of drug-likeness (QED) is 0.256. The molecular formula is C30H36F3N3O4S2. The summed E-state index contributed by atoms with van der Waals surface area (Å²) in [5.74, 6) is 6.08. The lowest BCUT2D eigenvalue weighted by molar-refractivity contribution is -0.126. The summed E-state index contributed by atoms with van der Waals surface area (Å²) >= 11 is 1.26. The first kappa shape index (κ1) is 31.9. The van der Waals surface area contributed by atoms with Gasteiger partial charge in [-0.2, -0.15) is 13.2 Å². The van der Waals surface area contributed by atoms with Crippen LogP contribution in [-0.2, 0) is 16.3 Å². The Morgan fingerprint density at radius 1 is 1.17 bits per heavy atom. The van der Waals surface area contributed by atoms with E-state index in [1.807, 2.05) is 6.07 Å². The monoisotopic (exact) mass is 623 g/mol. The van der Waals surface area contributed by atoms with Gasteiger partial charge < -0.3 is 25.4 Å². The van der Waals surface area contributed by atoms with Crippen molar-refractivity contribution in [3.8, 4) is 17.6 Å². The van der Waals surface area contributed by atoms with Crippen LogP contribution in [-0.4, -0.2) is 75.8 Å². The fourth-order valence-electron chi connectivity index (χ4n) is 4.96. The Morgan fingerprint density at radius 3 is 2.55 bits per heavy atom. The topological polar surface area (TPSA) is 90.9 Å². The molecule has 0 spiro atoms. The molecule has 2 heterocycles. The Hall–Kier alpha value is -2.98. The molecule has 0 saturated carbocycles. The number of aliphatic hydroxyl groups excluding tert-OH is 1. The SMILES string of the molecule is CC(C)N1CCC(Nc2cccc3c(CC(F)(F)F)c(C#CCNc4ccc(S(C)(=O)=O)cc4OCCO)sc23)CC1. The van der Waals surface area contributed by atoms with Gasteiger partial charge in [0.2, 0.25) is 0 Å². The van der Waals surface area contributed by atoms with Gasteiger partial charge >= 0.3 is 6.18 Å². The van der Waals surface area contributed by atoms with Gasteiger partial charge in [-0.1, -0.05) is 24.0 Å². The zero-order chi connectivity index (χ0) is 30.5. The van der Waals surface area contributed by atoms with Crippen LogP contribution in [0.4, 0.5) is 24.5 Å². The fraction of sp³-hybridized carbons (Fsp3) is 0.467. The number of halogens is 3. The lowest BCUT2D eigenvalue weighted by Crippen LogP contribution is -2.42. The number of nitrogens with zero attached hydrogens (tertiary/aromatic N) is 1. The van der Waals surface area contributed by atoms with Gasteiger partial charge in [0.05, 0.1) is 45.4 Å². The highest BCUT2D eigenvalue weighted by Gasteiger charge is 2.31. The number of benzene rings is 2. The molecule has 3 N–H and O–H groups in total. The Balaban J connectivity index is 1.57. The molecule has 1 aromatic heterocycles. The van der Waals surface area contributed by atoms with Gasteiger partial charge in [-0.15, -0.1) is 11.3 Å². The van der Waals surface area contributed by atoms with Crippen molar-refractivity contribution in [3.05, 3.63) is 46.8 Å². The number of rotatable bonds is 10. The molecule has 1 aliphatic rings. The highest BCUT2D eigenvalue weighted by atomic mass is 32.2. The van der Waals surface area contributed by atoms with Crippen molar-refractivity contribution in [3.63, 3.8) is 0 Å². The highest BCUT2D eigenvalue weighted by Crippen LogP contribution is 2.39. The molecule has 3 aromatic rings. The van der Waals surface area contributed by atoms with E-state index in [-0.39, 0.29) is 42.0 Å². The second-order valence-corrected chi connectivity index (χ2v) is 13.6. The molecule has 0 bridgehead atoms. The molecule has 1 saturated heterocycles. The summed E-state index contributed by atoms with van der Waals surface area (Å²) in [7, 11) is -3.48. The normalized spacial score (nSPS) is 15.0. The third kappa shape index (κ3) is 8.31. The van der Waals surface area contributed by atoms with E-state index in [4.69, 9.17) is 9.84 Å². The third-order valence-electron chi connectivity index (χ3n) is 7.11. The van der Waals surface area contributed by atoms with Gasteiger partial charge in [-0.05, 0) is 55.8 Å². The maximum Gasteiger partial charge on any atom is 0.393 e. The number of nitrogens with one attached hydrogen (secondary N) is 2. The van der Waals surface area contributed by atoms with Gasteiger partial charge in [-0.25, -0.2) is 8.42 Å². The minimum Gasteiger partial charge on any atom is -0.489 e. The minimum absolute atomic E-state index is 0.0383. The van der Waals surface area contributed by atoms with Crippen LogP contribution in [0.1, 0.15) is 37.1 Å². The van der Waals surface area contributed by atoms with Crippen molar-refractivity contribution in [1.82, 2.24) is 4.90 Å². The van der Waals surface area contributed by atoms with Crippen molar-refractivity contribution in [2.75, 3.05) is 49.7 Å². The number of piperidine rings is 1. The summed E-state index contributed by atoms with van der Waals surface area (Å²) < 4.78 is 71.0. The fourth-order valence-corrected chi connectivity index (χ4v) is 6.77. The average Bonchev–Trinajstić information content (AvgIpc) is 3.26. The Bertz CT molecular complexity index is 1550. The van der Waals surface area contributed by atoms with E-state index in [9.17, 15) is 21.6 Å². The molecule has 228 valence electrons. The van der Waals surface area contributed by atoms with E-state index in [2.05, 4.69) is 41.2 Å². The Kier molecular flexibility index (Phi) is 10.3. The summed E-state index contributed by atoms with van der Waals surface area (Å²) in [4.78, 5) is 2.84. The number of alkyl halides is 3. The Labute approximate surface area is 249 Å². The molecular weight excluding hydrogens is 587 g/mol. The summed E-state index contributed by atoms with van der Waals surface area (Å²) in [6.07, 6.45) is -2.47. The number of sulfone groups is 1. The molecule has 4 rings (SSSR count). The lowest BCUT2D eigenvalue weighted by Gasteiger charge is -2.35. The molecule has 7 nitrogen and oxygen atoms in total. The second kappa shape index (κ2) is 13.5. The first-order valence-electron chi connectivity index (χ1n) is 13.8. The van der Waals surface area contributed by atoms with E-state index in [1.54, 1.807) is 12.1 Å². The van der Waals surface area contributed by atoms with Gasteiger partial charge in [0, 0.05) is 37.5 Å². The number of likely N-dealkylation sites (tertiary alicyclic amines) is 1. The molecule has 2 aromatic carbocycles. The molecule has 0 aliphatic carbocycles. The summed E-state index contributed by atoms with van der Waals surface area (Å²) in [6, 6.07) is 10.5. The van der Waals surface area contributed by atoms with Gasteiger partial charge in [0.15, 0.2) is 9.84 Å². The number of hydrogen-bond acceptors (Lipinski definition) is 8. The zero-order valence-electron chi connectivity index (χ0n) is 23.8. The lowest BCUT2D eigenvalue weighted by atomic mass is 10.0. The molecule has 1 fully saturated rings. The van der Waals surface area contributed by atoms with Gasteiger partial charge in [-0.3, -0.25) is 0 Å². The second-order valence-electron chi connectivity index (χ2n) is 10.6. The predicted octanol–water partition coefficient (Wildman–Crippen LogP) is 5.53. The number of fused-ring (bicyclic) bond motifs is 1. The van der Waals surface area contributed by atoms with Crippen LogP contribution < -0.4 is 15.4 Å². The maximum absolute atomic E-state index is 13.6. The van der Waals surface area contributed by atoms with E-state index in [0.29, 0.717) is 22.0 Å². The van der Waals surface area contributed by atoms with Crippen LogP contribution in [0, 0.1) is 11.8 Å². The summed E-state index contributed by atoms with van der Waals surface area (Å²) in [5.41, 5.74) is 1.44. The molecule has 0 atom stereocenters. The number of thiophene rings is 1. The standard InChI is InChI=1S/C30H36F3N3O4S2/c1-20(2)36-14-11-21(12-15-36)35-26-7-4-6-23-24(19-30(31,32)33)28(41-29(23)26)8-5-13-34-25-10-9-22(42(3,38)39)18-27(25)40-17-16-37/h4,6-7,9-10,18,20-21,34-35,37H,11-17,19H2,1-3H3. The van der Waals surface area contributed by atoms with E-state index < -0.39 is 22.4 Å². The molecule has 1 aliphatic heterocycles. The van der Waals surface area contributed by atoms with Crippen LogP contribution >= 0.6 is 11.3 Å². The third-order valence-corrected chi connectivity index (χ3v) is 9.42. The number of aliphatic hydroxyl groups is 1. The molecule has 0 amide bonds.